The van der Waals surface area contributed by atoms with Crippen LogP contribution in [0.5, 0.6) is 11.6 Å². The van der Waals surface area contributed by atoms with E-state index in [0.717, 1.165) is 21.1 Å². The first-order valence-electron chi connectivity index (χ1n) is 10.5. The standard InChI is InChI=1S/C26H18BrN5O2/c1-16-6-5-13-32-23(16)30-25(34-19-11-9-18(27)10-12-19)20(26(32)33)14-17(15-28)24-29-21-7-3-4-8-22(21)31(24)2/h3-14H,1-2H3/b17-14+. The van der Waals surface area contributed by atoms with Crippen LogP contribution in [-0.4, -0.2) is 18.9 Å². The summed E-state index contributed by atoms with van der Waals surface area (Å²) >= 11 is 3.41. The molecule has 0 saturated carbocycles. The number of para-hydroxylation sites is 2. The van der Waals surface area contributed by atoms with E-state index in [1.54, 1.807) is 24.4 Å². The normalized spacial score (nSPS) is 11.6. The van der Waals surface area contributed by atoms with Crippen molar-refractivity contribution in [2.45, 2.75) is 6.92 Å². The van der Waals surface area contributed by atoms with Crippen molar-refractivity contribution in [3.63, 3.8) is 0 Å². The van der Waals surface area contributed by atoms with E-state index in [4.69, 9.17) is 4.74 Å². The molecule has 0 aliphatic carbocycles. The lowest BCUT2D eigenvalue weighted by atomic mass is 10.1. The second-order valence-corrected chi connectivity index (χ2v) is 8.65. The Morgan fingerprint density at radius 1 is 1.09 bits per heavy atom. The van der Waals surface area contributed by atoms with Crippen molar-refractivity contribution in [2.75, 3.05) is 0 Å². The van der Waals surface area contributed by atoms with Gasteiger partial charge in [-0.15, -0.1) is 0 Å². The lowest BCUT2D eigenvalue weighted by Crippen LogP contribution is -2.19. The molecule has 34 heavy (non-hydrogen) atoms. The maximum Gasteiger partial charge on any atom is 0.269 e. The number of benzene rings is 2. The zero-order valence-corrected chi connectivity index (χ0v) is 19.9. The third-order valence-electron chi connectivity index (χ3n) is 5.51. The minimum Gasteiger partial charge on any atom is -0.438 e. The summed E-state index contributed by atoms with van der Waals surface area (Å²) in [5.74, 6) is 1.09. The quantitative estimate of drug-likeness (QED) is 0.297. The Bertz CT molecular complexity index is 1690. The summed E-state index contributed by atoms with van der Waals surface area (Å²) in [6.45, 7) is 1.88. The first-order chi connectivity index (χ1) is 16.5. The molecule has 0 atom stereocenters. The molecule has 8 heteroatoms. The van der Waals surface area contributed by atoms with Crippen LogP contribution in [0.2, 0.25) is 0 Å². The zero-order chi connectivity index (χ0) is 23.8. The van der Waals surface area contributed by atoms with Crippen LogP contribution in [-0.2, 0) is 7.05 Å². The summed E-state index contributed by atoms with van der Waals surface area (Å²) in [6, 6.07) is 20.7. The molecule has 0 aliphatic heterocycles. The van der Waals surface area contributed by atoms with E-state index in [1.807, 2.05) is 61.0 Å². The van der Waals surface area contributed by atoms with Crippen molar-refractivity contribution in [1.29, 1.82) is 5.26 Å². The van der Waals surface area contributed by atoms with E-state index in [9.17, 15) is 10.1 Å². The number of nitriles is 1. The number of nitrogens with zero attached hydrogens (tertiary/aromatic N) is 5. The number of ether oxygens (including phenoxy) is 1. The predicted molar refractivity (Wildman–Crippen MR) is 135 cm³/mol. The van der Waals surface area contributed by atoms with Crippen LogP contribution in [0, 0.1) is 18.3 Å². The first-order valence-corrected chi connectivity index (χ1v) is 11.2. The van der Waals surface area contributed by atoms with Crippen LogP contribution in [0.3, 0.4) is 0 Å². The summed E-state index contributed by atoms with van der Waals surface area (Å²) in [5.41, 5.74) is 3.00. The third kappa shape index (κ3) is 3.76. The van der Waals surface area contributed by atoms with E-state index >= 15 is 0 Å². The first kappa shape index (κ1) is 21.6. The van der Waals surface area contributed by atoms with E-state index in [-0.39, 0.29) is 22.6 Å². The number of hydrogen-bond donors (Lipinski definition) is 0. The number of imidazole rings is 1. The molecule has 3 heterocycles. The largest absolute Gasteiger partial charge is 0.438 e. The van der Waals surface area contributed by atoms with E-state index < -0.39 is 0 Å². The number of pyridine rings is 1. The van der Waals surface area contributed by atoms with Gasteiger partial charge in [-0.1, -0.05) is 34.1 Å². The number of rotatable bonds is 4. The van der Waals surface area contributed by atoms with Crippen molar-refractivity contribution in [3.05, 3.63) is 98.6 Å². The van der Waals surface area contributed by atoms with Gasteiger partial charge in [-0.2, -0.15) is 10.2 Å². The summed E-state index contributed by atoms with van der Waals surface area (Å²) in [5, 5.41) is 10.0. The molecule has 0 unspecified atom stereocenters. The van der Waals surface area contributed by atoms with Gasteiger partial charge in [0, 0.05) is 17.7 Å². The summed E-state index contributed by atoms with van der Waals surface area (Å²) < 4.78 is 10.2. The zero-order valence-electron chi connectivity index (χ0n) is 18.4. The fourth-order valence-electron chi connectivity index (χ4n) is 3.79. The van der Waals surface area contributed by atoms with Crippen molar-refractivity contribution in [1.82, 2.24) is 18.9 Å². The monoisotopic (exact) mass is 511 g/mol. The highest BCUT2D eigenvalue weighted by Crippen LogP contribution is 2.28. The van der Waals surface area contributed by atoms with Gasteiger partial charge in [0.15, 0.2) is 5.82 Å². The molecule has 0 N–H and O–H groups in total. The molecule has 0 bridgehead atoms. The third-order valence-corrected chi connectivity index (χ3v) is 6.04. The van der Waals surface area contributed by atoms with Gasteiger partial charge in [-0.3, -0.25) is 9.20 Å². The van der Waals surface area contributed by atoms with Gasteiger partial charge in [-0.05, 0) is 61.0 Å². The Morgan fingerprint density at radius 2 is 1.85 bits per heavy atom. The van der Waals surface area contributed by atoms with Gasteiger partial charge in [0.2, 0.25) is 5.88 Å². The number of hydrogen-bond acceptors (Lipinski definition) is 5. The van der Waals surface area contributed by atoms with Gasteiger partial charge in [0.05, 0.1) is 16.6 Å². The number of allylic oxidation sites excluding steroid dienone is 1. The molecular weight excluding hydrogens is 494 g/mol. The molecule has 0 radical (unpaired) electrons. The van der Waals surface area contributed by atoms with Crippen LogP contribution >= 0.6 is 15.9 Å². The molecule has 0 aliphatic rings. The Labute approximate surface area is 203 Å². The van der Waals surface area contributed by atoms with Gasteiger partial charge in [0.1, 0.15) is 23.0 Å². The van der Waals surface area contributed by atoms with E-state index in [0.29, 0.717) is 17.2 Å². The molecule has 0 amide bonds. The number of aryl methyl sites for hydroxylation is 2. The lowest BCUT2D eigenvalue weighted by molar-refractivity contribution is 0.461. The van der Waals surface area contributed by atoms with Gasteiger partial charge >= 0.3 is 0 Å². The summed E-state index contributed by atoms with van der Waals surface area (Å²) in [6.07, 6.45) is 3.15. The van der Waals surface area contributed by atoms with Gasteiger partial charge < -0.3 is 9.30 Å². The van der Waals surface area contributed by atoms with Crippen molar-refractivity contribution in [3.8, 4) is 17.7 Å². The summed E-state index contributed by atoms with van der Waals surface area (Å²) in [7, 11) is 1.84. The van der Waals surface area contributed by atoms with Crippen LogP contribution in [0.15, 0.2) is 76.1 Å². The molecule has 2 aromatic carbocycles. The lowest BCUT2D eigenvalue weighted by Gasteiger charge is -2.11. The Balaban J connectivity index is 1.75. The minimum atomic E-state index is -0.340. The second-order valence-electron chi connectivity index (χ2n) is 7.73. The predicted octanol–water partition coefficient (Wildman–Crippen LogP) is 5.51. The number of aromatic nitrogens is 4. The highest BCUT2D eigenvalue weighted by Gasteiger charge is 2.18. The maximum atomic E-state index is 13.5. The number of halogens is 1. The average Bonchev–Trinajstić information content (AvgIpc) is 3.17. The molecular formula is C26H18BrN5O2. The van der Waals surface area contributed by atoms with Gasteiger partial charge in [-0.25, -0.2) is 4.98 Å². The molecule has 5 aromatic rings. The smallest absolute Gasteiger partial charge is 0.269 e. The summed E-state index contributed by atoms with van der Waals surface area (Å²) in [4.78, 5) is 22.8. The molecule has 7 nitrogen and oxygen atoms in total. The fraction of sp³-hybridized carbons (Fsp3) is 0.0769. The van der Waals surface area contributed by atoms with Crippen LogP contribution in [0.1, 0.15) is 17.0 Å². The highest BCUT2D eigenvalue weighted by atomic mass is 79.9. The van der Waals surface area contributed by atoms with Crippen molar-refractivity contribution >= 4 is 44.3 Å². The molecule has 5 rings (SSSR count). The van der Waals surface area contributed by atoms with Crippen molar-refractivity contribution in [2.24, 2.45) is 7.05 Å². The topological polar surface area (TPSA) is 85.2 Å². The molecule has 166 valence electrons. The Hall–Kier alpha value is -4.22. The Morgan fingerprint density at radius 3 is 2.59 bits per heavy atom. The van der Waals surface area contributed by atoms with E-state index in [1.165, 1.54) is 10.5 Å². The number of fused-ring (bicyclic) bond motifs is 2. The maximum absolute atomic E-state index is 13.5. The highest BCUT2D eigenvalue weighted by molar-refractivity contribution is 9.10. The molecule has 0 saturated heterocycles. The Kier molecular flexibility index (Phi) is 5.48. The molecule has 0 spiro atoms. The van der Waals surface area contributed by atoms with E-state index in [2.05, 4.69) is 32.0 Å². The van der Waals surface area contributed by atoms with Crippen LogP contribution in [0.4, 0.5) is 0 Å². The second kappa shape index (κ2) is 8.61. The molecule has 3 aromatic heterocycles. The van der Waals surface area contributed by atoms with Crippen LogP contribution < -0.4 is 10.3 Å². The average molecular weight is 512 g/mol. The van der Waals surface area contributed by atoms with Crippen molar-refractivity contribution < 1.29 is 4.74 Å². The van der Waals surface area contributed by atoms with Crippen LogP contribution in [0.25, 0.3) is 28.3 Å². The molecule has 0 fully saturated rings. The minimum absolute atomic E-state index is 0.119. The fourth-order valence-corrected chi connectivity index (χ4v) is 4.05. The SMILES string of the molecule is Cc1cccn2c(=O)c(/C=C(\C#N)c3nc4ccccc4n3C)c(Oc3ccc(Br)cc3)nc12. The van der Waals surface area contributed by atoms with Gasteiger partial charge in [0.25, 0.3) is 5.56 Å².